The maximum Gasteiger partial charge on any atom is 0.339 e. The Morgan fingerprint density at radius 1 is 1.17 bits per heavy atom. The van der Waals surface area contributed by atoms with Gasteiger partial charge in [0.2, 0.25) is 0 Å². The van der Waals surface area contributed by atoms with E-state index >= 15 is 0 Å². The van der Waals surface area contributed by atoms with Crippen molar-refractivity contribution in [3.8, 4) is 16.9 Å². The van der Waals surface area contributed by atoms with Crippen LogP contribution in [0.3, 0.4) is 0 Å². The molecule has 2 aromatic carbocycles. The highest BCUT2D eigenvalue weighted by Gasteiger charge is 2.14. The molecule has 0 unspecified atom stereocenters. The molecule has 3 rings (SSSR count). The summed E-state index contributed by atoms with van der Waals surface area (Å²) in [6.07, 6.45) is 3.63. The van der Waals surface area contributed by atoms with Crippen molar-refractivity contribution in [1.29, 1.82) is 0 Å². The molecule has 0 aliphatic heterocycles. The zero-order chi connectivity index (χ0) is 16.9. The van der Waals surface area contributed by atoms with E-state index in [1.54, 1.807) is 23.0 Å². The Morgan fingerprint density at radius 2 is 1.96 bits per heavy atom. The van der Waals surface area contributed by atoms with Crippen LogP contribution >= 0.6 is 0 Å². The van der Waals surface area contributed by atoms with Crippen LogP contribution in [0, 0.1) is 0 Å². The summed E-state index contributed by atoms with van der Waals surface area (Å²) < 4.78 is 7.50. The standard InChI is InChI=1S/C19H18N2O3/c1-2-21-12-16(11-20-21)15-8-9-18(17(10-15)19(22)23)24-13-14-6-4-3-5-7-14/h3-12H,2,13H2,1H3,(H,22,23). The number of nitrogens with zero attached hydrogens (tertiary/aromatic N) is 2. The van der Waals surface area contributed by atoms with E-state index in [4.69, 9.17) is 4.74 Å². The summed E-state index contributed by atoms with van der Waals surface area (Å²) in [7, 11) is 0. The number of ether oxygens (including phenoxy) is 1. The van der Waals surface area contributed by atoms with Crippen molar-refractivity contribution in [2.45, 2.75) is 20.1 Å². The van der Waals surface area contributed by atoms with Crippen LogP contribution in [0.15, 0.2) is 60.9 Å². The average Bonchev–Trinajstić information content (AvgIpc) is 3.10. The topological polar surface area (TPSA) is 64.3 Å². The molecular weight excluding hydrogens is 304 g/mol. The Balaban J connectivity index is 1.86. The average molecular weight is 322 g/mol. The van der Waals surface area contributed by atoms with Crippen molar-refractivity contribution >= 4 is 5.97 Å². The highest BCUT2D eigenvalue weighted by atomic mass is 16.5. The van der Waals surface area contributed by atoms with E-state index in [-0.39, 0.29) is 5.56 Å². The van der Waals surface area contributed by atoms with Crippen molar-refractivity contribution in [2.75, 3.05) is 0 Å². The van der Waals surface area contributed by atoms with E-state index in [2.05, 4.69) is 5.10 Å². The highest BCUT2D eigenvalue weighted by molar-refractivity contribution is 5.92. The first-order valence-electron chi connectivity index (χ1n) is 7.74. The Bertz CT molecular complexity index is 841. The van der Waals surface area contributed by atoms with Crippen molar-refractivity contribution < 1.29 is 14.6 Å². The van der Waals surface area contributed by atoms with Crippen molar-refractivity contribution in [2.24, 2.45) is 0 Å². The highest BCUT2D eigenvalue weighted by Crippen LogP contribution is 2.27. The molecule has 24 heavy (non-hydrogen) atoms. The number of carboxylic acid groups (broad SMARTS) is 1. The van der Waals surface area contributed by atoms with Gasteiger partial charge in [-0.05, 0) is 30.2 Å². The predicted octanol–water partition coefficient (Wildman–Crippen LogP) is 3.85. The molecule has 0 amide bonds. The molecule has 5 heteroatoms. The summed E-state index contributed by atoms with van der Waals surface area (Å²) in [5.74, 6) is -0.652. The molecule has 122 valence electrons. The van der Waals surface area contributed by atoms with Gasteiger partial charge in [-0.2, -0.15) is 5.10 Å². The van der Waals surface area contributed by atoms with Gasteiger partial charge >= 0.3 is 5.97 Å². The molecule has 1 N–H and O–H groups in total. The van der Waals surface area contributed by atoms with Gasteiger partial charge in [0.05, 0.1) is 6.20 Å². The van der Waals surface area contributed by atoms with Crippen LogP contribution in [0.25, 0.3) is 11.1 Å². The van der Waals surface area contributed by atoms with E-state index in [1.165, 1.54) is 0 Å². The van der Waals surface area contributed by atoms with Gasteiger partial charge in [-0.3, -0.25) is 4.68 Å². The van der Waals surface area contributed by atoms with Crippen LogP contribution in [0.1, 0.15) is 22.8 Å². The summed E-state index contributed by atoms with van der Waals surface area (Å²) in [5.41, 5.74) is 2.82. The fourth-order valence-electron chi connectivity index (χ4n) is 2.42. The first-order valence-corrected chi connectivity index (χ1v) is 7.74. The zero-order valence-corrected chi connectivity index (χ0v) is 13.3. The summed E-state index contributed by atoms with van der Waals surface area (Å²) in [5, 5.41) is 13.7. The number of benzene rings is 2. The largest absolute Gasteiger partial charge is 0.488 e. The molecule has 0 aliphatic rings. The number of carboxylic acids is 1. The maximum atomic E-state index is 11.6. The summed E-state index contributed by atoms with van der Waals surface area (Å²) in [4.78, 5) is 11.6. The third kappa shape index (κ3) is 3.46. The summed E-state index contributed by atoms with van der Waals surface area (Å²) in [6.45, 7) is 3.10. The van der Waals surface area contributed by atoms with Crippen molar-refractivity contribution in [1.82, 2.24) is 9.78 Å². The number of aromatic nitrogens is 2. The van der Waals surface area contributed by atoms with E-state index < -0.39 is 5.97 Å². The van der Waals surface area contributed by atoms with Gasteiger partial charge in [0.15, 0.2) is 0 Å². The lowest BCUT2D eigenvalue weighted by molar-refractivity contribution is 0.0692. The Hall–Kier alpha value is -3.08. The van der Waals surface area contributed by atoms with Crippen LogP contribution in [-0.4, -0.2) is 20.9 Å². The molecule has 5 nitrogen and oxygen atoms in total. The minimum atomic E-state index is -1.01. The molecule has 0 aliphatic carbocycles. The van der Waals surface area contributed by atoms with Crippen LogP contribution in [0.5, 0.6) is 5.75 Å². The van der Waals surface area contributed by atoms with Gasteiger partial charge in [0.25, 0.3) is 0 Å². The molecule has 0 saturated heterocycles. The van der Waals surface area contributed by atoms with E-state index in [0.29, 0.717) is 12.4 Å². The van der Waals surface area contributed by atoms with Gasteiger partial charge in [-0.25, -0.2) is 4.79 Å². The van der Waals surface area contributed by atoms with Crippen LogP contribution in [0.4, 0.5) is 0 Å². The second-order valence-corrected chi connectivity index (χ2v) is 5.38. The van der Waals surface area contributed by atoms with E-state index in [9.17, 15) is 9.90 Å². The minimum Gasteiger partial charge on any atom is -0.488 e. The molecule has 3 aromatic rings. The molecule has 0 radical (unpaired) electrons. The first-order chi connectivity index (χ1) is 11.7. The lowest BCUT2D eigenvalue weighted by atomic mass is 10.1. The Kier molecular flexibility index (Phi) is 4.61. The predicted molar refractivity (Wildman–Crippen MR) is 91.1 cm³/mol. The number of hydrogen-bond donors (Lipinski definition) is 1. The first kappa shape index (κ1) is 15.8. The molecule has 1 heterocycles. The SMILES string of the molecule is CCn1cc(-c2ccc(OCc3ccccc3)c(C(=O)O)c2)cn1. The normalized spacial score (nSPS) is 10.5. The van der Waals surface area contributed by atoms with Gasteiger partial charge in [-0.15, -0.1) is 0 Å². The number of aryl methyl sites for hydroxylation is 1. The fraction of sp³-hybridized carbons (Fsp3) is 0.158. The monoisotopic (exact) mass is 322 g/mol. The molecular formula is C19H18N2O3. The van der Waals surface area contributed by atoms with Crippen molar-refractivity contribution in [3.05, 3.63) is 72.1 Å². The molecule has 0 bridgehead atoms. The van der Waals surface area contributed by atoms with Gasteiger partial charge < -0.3 is 9.84 Å². The summed E-state index contributed by atoms with van der Waals surface area (Å²) in [6, 6.07) is 14.8. The van der Waals surface area contributed by atoms with Gasteiger partial charge in [0.1, 0.15) is 17.9 Å². The second-order valence-electron chi connectivity index (χ2n) is 5.38. The third-order valence-corrected chi connectivity index (χ3v) is 3.74. The van der Waals surface area contributed by atoms with E-state index in [1.807, 2.05) is 49.5 Å². The zero-order valence-electron chi connectivity index (χ0n) is 13.3. The smallest absolute Gasteiger partial charge is 0.339 e. The molecule has 0 atom stereocenters. The maximum absolute atomic E-state index is 11.6. The number of rotatable bonds is 6. The van der Waals surface area contributed by atoms with Crippen LogP contribution in [0.2, 0.25) is 0 Å². The number of hydrogen-bond acceptors (Lipinski definition) is 3. The summed E-state index contributed by atoms with van der Waals surface area (Å²) >= 11 is 0. The molecule has 0 spiro atoms. The second kappa shape index (κ2) is 7.00. The van der Waals surface area contributed by atoms with Gasteiger partial charge in [-0.1, -0.05) is 36.4 Å². The third-order valence-electron chi connectivity index (χ3n) is 3.74. The van der Waals surface area contributed by atoms with E-state index in [0.717, 1.165) is 23.2 Å². The number of carbonyl (C=O) groups is 1. The molecule has 1 aromatic heterocycles. The Morgan fingerprint density at radius 3 is 2.62 bits per heavy atom. The van der Waals surface area contributed by atoms with Gasteiger partial charge in [0, 0.05) is 18.3 Å². The van der Waals surface area contributed by atoms with Crippen LogP contribution in [-0.2, 0) is 13.2 Å². The quantitative estimate of drug-likeness (QED) is 0.749. The Labute approximate surface area is 140 Å². The lowest BCUT2D eigenvalue weighted by Crippen LogP contribution is -2.03. The molecule has 0 fully saturated rings. The lowest BCUT2D eigenvalue weighted by Gasteiger charge is -2.10. The van der Waals surface area contributed by atoms with Crippen LogP contribution < -0.4 is 4.74 Å². The minimum absolute atomic E-state index is 0.146. The fourth-order valence-corrected chi connectivity index (χ4v) is 2.42. The molecule has 0 saturated carbocycles. The van der Waals surface area contributed by atoms with Crippen molar-refractivity contribution in [3.63, 3.8) is 0 Å². The number of aromatic carboxylic acids is 1.